The van der Waals surface area contributed by atoms with E-state index in [1.54, 1.807) is 0 Å². The highest BCUT2D eigenvalue weighted by atomic mass is 79.9. The Bertz CT molecular complexity index is 488. The average molecular weight is 544 g/mol. The Balaban J connectivity index is 0.000000705. The number of alkyl halides is 2. The topological polar surface area (TPSA) is 9.23 Å². The molecule has 2 aliphatic heterocycles. The number of unbranched alkanes of at least 4 members (excludes halogenated alkanes) is 5. The van der Waals surface area contributed by atoms with Gasteiger partial charge < -0.3 is 4.74 Å². The lowest BCUT2D eigenvalue weighted by Crippen LogP contribution is -1.97. The molecule has 0 saturated heterocycles. The Kier molecular flexibility index (Phi) is 16.6. The van der Waals surface area contributed by atoms with Crippen LogP contribution in [0.2, 0.25) is 0 Å². The molecule has 0 aliphatic carbocycles. The summed E-state index contributed by atoms with van der Waals surface area (Å²) in [6.07, 6.45) is 12.6. The van der Waals surface area contributed by atoms with E-state index in [-0.39, 0.29) is 0 Å². The van der Waals surface area contributed by atoms with Gasteiger partial charge in [-0.25, -0.2) is 0 Å². The van der Waals surface area contributed by atoms with Gasteiger partial charge in [0.15, 0.2) is 0 Å². The summed E-state index contributed by atoms with van der Waals surface area (Å²) in [6.45, 7) is 1.68. The normalized spacial score (nSPS) is 15.8. The maximum absolute atomic E-state index is 5.79. The Hall–Kier alpha value is 1.10. The fourth-order valence-electron chi connectivity index (χ4n) is 1.92. The lowest BCUT2D eigenvalue weighted by molar-refractivity contribution is 0.155. The van der Waals surface area contributed by atoms with Gasteiger partial charge in [-0.2, -0.15) is 0 Å². The lowest BCUT2D eigenvalue weighted by Gasteiger charge is -2.05. The van der Waals surface area contributed by atoms with Crippen molar-refractivity contribution < 1.29 is 4.74 Å². The zero-order valence-corrected chi connectivity index (χ0v) is 20.6. The molecular formula is C18H24Br2OS4. The van der Waals surface area contributed by atoms with Gasteiger partial charge in [0.1, 0.15) is 0 Å². The molecule has 0 saturated carbocycles. The Morgan fingerprint density at radius 3 is 2.20 bits per heavy atom. The number of hydrogen-bond acceptors (Lipinski definition) is 5. The van der Waals surface area contributed by atoms with Gasteiger partial charge in [0.25, 0.3) is 0 Å². The van der Waals surface area contributed by atoms with Gasteiger partial charge >= 0.3 is 0 Å². The molecule has 0 radical (unpaired) electrons. The van der Waals surface area contributed by atoms with Crippen LogP contribution in [0.3, 0.4) is 0 Å². The molecule has 0 atom stereocenters. The lowest BCUT2D eigenvalue weighted by atomic mass is 10.1. The van der Waals surface area contributed by atoms with Crippen LogP contribution < -0.4 is 0 Å². The third-order valence-corrected chi connectivity index (χ3v) is 9.01. The molecule has 0 spiro atoms. The molecule has 25 heavy (non-hydrogen) atoms. The Morgan fingerprint density at radius 2 is 1.56 bits per heavy atom. The summed E-state index contributed by atoms with van der Waals surface area (Å²) in [5.74, 6) is 2.35. The number of thioether (sulfide) groups is 4. The van der Waals surface area contributed by atoms with E-state index >= 15 is 0 Å². The molecule has 0 aromatic carbocycles. The van der Waals surface area contributed by atoms with Crippen molar-refractivity contribution in [2.24, 2.45) is 0 Å². The largest absolute Gasteiger partial charge is 0.376 e. The first kappa shape index (κ1) is 24.1. The SMILES string of the molecule is BrCCCCCCCCOCC1=CSC(=C2SC=CS2)S1.C#CCBr. The number of ether oxygens (including phenoxy) is 1. The molecule has 0 fully saturated rings. The molecule has 2 aliphatic rings. The summed E-state index contributed by atoms with van der Waals surface area (Å²) in [5.41, 5.74) is 0. The predicted octanol–water partition coefficient (Wildman–Crippen LogP) is 8.15. The first-order valence-corrected chi connectivity index (χ1v) is 13.9. The maximum atomic E-state index is 5.79. The molecule has 0 bridgehead atoms. The van der Waals surface area contributed by atoms with Crippen LogP contribution in [-0.4, -0.2) is 23.9 Å². The van der Waals surface area contributed by atoms with Gasteiger partial charge in [-0.15, -0.1) is 6.42 Å². The van der Waals surface area contributed by atoms with E-state index in [4.69, 9.17) is 11.2 Å². The quantitative estimate of drug-likeness (QED) is 0.156. The van der Waals surface area contributed by atoms with Crippen LogP contribution in [0.5, 0.6) is 0 Å². The van der Waals surface area contributed by atoms with Crippen LogP contribution in [0.15, 0.2) is 29.6 Å². The van der Waals surface area contributed by atoms with Crippen molar-refractivity contribution in [3.8, 4) is 12.3 Å². The van der Waals surface area contributed by atoms with Crippen LogP contribution in [-0.2, 0) is 4.74 Å². The van der Waals surface area contributed by atoms with Crippen LogP contribution in [0.1, 0.15) is 38.5 Å². The smallest absolute Gasteiger partial charge is 0.0784 e. The van der Waals surface area contributed by atoms with Crippen molar-refractivity contribution in [3.63, 3.8) is 0 Å². The zero-order chi connectivity index (χ0) is 18.2. The number of halogens is 2. The summed E-state index contributed by atoms with van der Waals surface area (Å²) >= 11 is 13.9. The van der Waals surface area contributed by atoms with Crippen molar-refractivity contribution in [2.45, 2.75) is 38.5 Å². The van der Waals surface area contributed by atoms with Gasteiger partial charge in [-0.1, -0.05) is 111 Å². The standard InChI is InChI=1S/C15H21BrOS4.C3H3Br/c16-7-5-3-1-2-4-6-8-17-11-13-12-20-15(21-13)14-18-9-10-19-14;1-2-3-4/h9-10,12H,1-8,11H2;1H,3H2. The fourth-order valence-corrected chi connectivity index (χ4v) is 6.73. The van der Waals surface area contributed by atoms with Crippen molar-refractivity contribution in [1.82, 2.24) is 0 Å². The molecule has 140 valence electrons. The van der Waals surface area contributed by atoms with E-state index in [9.17, 15) is 0 Å². The maximum Gasteiger partial charge on any atom is 0.0784 e. The van der Waals surface area contributed by atoms with E-state index in [1.165, 1.54) is 51.9 Å². The summed E-state index contributed by atoms with van der Waals surface area (Å²) in [5, 5.41) is 8.35. The van der Waals surface area contributed by atoms with Crippen LogP contribution in [0, 0.1) is 12.3 Å². The molecule has 0 amide bonds. The minimum absolute atomic E-state index is 0.660. The third kappa shape index (κ3) is 12.2. The molecule has 1 nitrogen and oxygen atoms in total. The van der Waals surface area contributed by atoms with Crippen molar-refractivity contribution in [2.75, 3.05) is 23.9 Å². The van der Waals surface area contributed by atoms with Crippen LogP contribution in [0.25, 0.3) is 0 Å². The second-order valence-corrected chi connectivity index (χ2v) is 10.8. The molecule has 0 unspecified atom stereocenters. The molecule has 7 heteroatoms. The van der Waals surface area contributed by atoms with E-state index in [1.807, 2.05) is 47.0 Å². The zero-order valence-electron chi connectivity index (χ0n) is 14.2. The minimum atomic E-state index is 0.660. The van der Waals surface area contributed by atoms with Gasteiger partial charge in [-0.3, -0.25) is 0 Å². The number of terminal acetylenes is 1. The van der Waals surface area contributed by atoms with Gasteiger partial charge in [0, 0.05) is 16.8 Å². The van der Waals surface area contributed by atoms with Gasteiger partial charge in [-0.05, 0) is 29.1 Å². The highest BCUT2D eigenvalue weighted by Gasteiger charge is 2.18. The summed E-state index contributed by atoms with van der Waals surface area (Å²) < 4.78 is 8.63. The summed E-state index contributed by atoms with van der Waals surface area (Å²) in [7, 11) is 0. The number of rotatable bonds is 10. The first-order chi connectivity index (χ1) is 12.3. The van der Waals surface area contributed by atoms with E-state index in [0.29, 0.717) is 5.33 Å². The highest BCUT2D eigenvalue weighted by Crippen LogP contribution is 2.53. The number of hydrogen-bond donors (Lipinski definition) is 0. The van der Waals surface area contributed by atoms with Crippen molar-refractivity contribution >= 4 is 78.9 Å². The van der Waals surface area contributed by atoms with Gasteiger partial charge in [0.05, 0.1) is 20.4 Å². The van der Waals surface area contributed by atoms with Crippen molar-refractivity contribution in [3.05, 3.63) is 29.6 Å². The molecular weight excluding hydrogens is 520 g/mol. The summed E-state index contributed by atoms with van der Waals surface area (Å²) in [4.78, 5) is 1.35. The predicted molar refractivity (Wildman–Crippen MR) is 130 cm³/mol. The second kappa shape index (κ2) is 17.2. The monoisotopic (exact) mass is 542 g/mol. The Labute approximate surface area is 186 Å². The first-order valence-electron chi connectivity index (χ1n) is 8.21. The Morgan fingerprint density at radius 1 is 0.920 bits per heavy atom. The minimum Gasteiger partial charge on any atom is -0.376 e. The molecule has 0 aromatic rings. The van der Waals surface area contributed by atoms with Crippen LogP contribution in [0.4, 0.5) is 0 Å². The van der Waals surface area contributed by atoms with E-state index < -0.39 is 0 Å². The second-order valence-electron chi connectivity index (χ2n) is 5.09. The van der Waals surface area contributed by atoms with Crippen LogP contribution >= 0.6 is 78.9 Å². The fraction of sp³-hybridized carbons (Fsp3) is 0.556. The van der Waals surface area contributed by atoms with Crippen molar-refractivity contribution in [1.29, 1.82) is 0 Å². The summed E-state index contributed by atoms with van der Waals surface area (Å²) in [6, 6.07) is 0. The van der Waals surface area contributed by atoms with E-state index in [0.717, 1.165) is 18.5 Å². The van der Waals surface area contributed by atoms with Gasteiger partial charge in [0.2, 0.25) is 0 Å². The average Bonchev–Trinajstić information content (AvgIpc) is 3.32. The molecule has 2 heterocycles. The van der Waals surface area contributed by atoms with E-state index in [2.05, 4.69) is 54.0 Å². The molecule has 2 rings (SSSR count). The highest BCUT2D eigenvalue weighted by molar-refractivity contribution is 9.09. The molecule has 0 N–H and O–H groups in total. The molecule has 0 aromatic heterocycles. The third-order valence-electron chi connectivity index (χ3n) is 3.09.